The summed E-state index contributed by atoms with van der Waals surface area (Å²) in [6, 6.07) is 3.90. The summed E-state index contributed by atoms with van der Waals surface area (Å²) in [5.74, 6) is -0.942. The summed E-state index contributed by atoms with van der Waals surface area (Å²) in [5, 5.41) is 0. The Labute approximate surface area is 69.6 Å². The first kappa shape index (κ1) is 8.53. The molecule has 1 aromatic carbocycles. The standard InChI is InChI=1S/C8H8F2S/c9-7-2-1-6(3-4-11)5-8(7)10/h1-2,5,11H,3-4H2. The van der Waals surface area contributed by atoms with Crippen LogP contribution in [0.5, 0.6) is 0 Å². The van der Waals surface area contributed by atoms with Crippen LogP contribution in [0.25, 0.3) is 0 Å². The second kappa shape index (κ2) is 3.72. The molecule has 0 nitrogen and oxygen atoms in total. The number of halogens is 2. The molecule has 11 heavy (non-hydrogen) atoms. The van der Waals surface area contributed by atoms with Crippen molar-refractivity contribution >= 4 is 12.6 Å². The lowest BCUT2D eigenvalue weighted by molar-refractivity contribution is 0.507. The predicted molar refractivity (Wildman–Crippen MR) is 43.9 cm³/mol. The predicted octanol–water partition coefficient (Wildman–Crippen LogP) is 2.44. The quantitative estimate of drug-likeness (QED) is 0.654. The fourth-order valence-corrected chi connectivity index (χ4v) is 1.08. The molecule has 0 aliphatic carbocycles. The summed E-state index contributed by atoms with van der Waals surface area (Å²) in [6.45, 7) is 0. The summed E-state index contributed by atoms with van der Waals surface area (Å²) in [7, 11) is 0. The molecule has 0 aliphatic heterocycles. The van der Waals surface area contributed by atoms with Crippen LogP contribution in [0.15, 0.2) is 18.2 Å². The highest BCUT2D eigenvalue weighted by atomic mass is 32.1. The lowest BCUT2D eigenvalue weighted by Gasteiger charge is -1.97. The average Bonchev–Trinajstić information content (AvgIpc) is 1.98. The van der Waals surface area contributed by atoms with Crippen LogP contribution < -0.4 is 0 Å². The van der Waals surface area contributed by atoms with Crippen molar-refractivity contribution in [2.45, 2.75) is 6.42 Å². The molecule has 0 spiro atoms. The third-order valence-electron chi connectivity index (χ3n) is 1.38. The number of rotatable bonds is 2. The van der Waals surface area contributed by atoms with Crippen molar-refractivity contribution in [2.75, 3.05) is 5.75 Å². The van der Waals surface area contributed by atoms with E-state index in [2.05, 4.69) is 12.6 Å². The zero-order chi connectivity index (χ0) is 8.27. The first-order valence-corrected chi connectivity index (χ1v) is 3.92. The third kappa shape index (κ3) is 2.19. The number of hydrogen-bond acceptors (Lipinski definition) is 1. The zero-order valence-electron chi connectivity index (χ0n) is 5.85. The number of hydrogen-bond donors (Lipinski definition) is 1. The maximum Gasteiger partial charge on any atom is 0.159 e. The molecule has 60 valence electrons. The van der Waals surface area contributed by atoms with Crippen LogP contribution in [0.1, 0.15) is 5.56 Å². The fourth-order valence-electron chi connectivity index (χ4n) is 0.824. The molecule has 0 bridgehead atoms. The van der Waals surface area contributed by atoms with E-state index in [4.69, 9.17) is 0 Å². The minimum Gasteiger partial charge on any atom is -0.204 e. The molecule has 0 unspecified atom stereocenters. The highest BCUT2D eigenvalue weighted by Gasteiger charge is 2.00. The van der Waals surface area contributed by atoms with E-state index < -0.39 is 11.6 Å². The molecule has 0 saturated heterocycles. The fraction of sp³-hybridized carbons (Fsp3) is 0.250. The summed E-state index contributed by atoms with van der Waals surface area (Å²) in [4.78, 5) is 0. The van der Waals surface area contributed by atoms with Gasteiger partial charge < -0.3 is 0 Å². The Balaban J connectivity index is 2.86. The molecule has 0 N–H and O–H groups in total. The second-order valence-electron chi connectivity index (χ2n) is 2.22. The first-order chi connectivity index (χ1) is 5.24. The van der Waals surface area contributed by atoms with Crippen molar-refractivity contribution in [1.82, 2.24) is 0 Å². The molecular weight excluding hydrogens is 166 g/mol. The number of aryl methyl sites for hydroxylation is 1. The molecule has 0 atom stereocenters. The first-order valence-electron chi connectivity index (χ1n) is 3.29. The van der Waals surface area contributed by atoms with Gasteiger partial charge in [-0.25, -0.2) is 8.78 Å². The smallest absolute Gasteiger partial charge is 0.159 e. The Morgan fingerprint density at radius 1 is 1.18 bits per heavy atom. The van der Waals surface area contributed by atoms with Gasteiger partial charge in [0.2, 0.25) is 0 Å². The SMILES string of the molecule is Fc1ccc(CCS)cc1F. The Kier molecular flexibility index (Phi) is 2.88. The van der Waals surface area contributed by atoms with E-state index >= 15 is 0 Å². The Hall–Kier alpha value is -0.570. The van der Waals surface area contributed by atoms with Crippen LogP contribution in [0.2, 0.25) is 0 Å². The van der Waals surface area contributed by atoms with Gasteiger partial charge in [-0.15, -0.1) is 0 Å². The maximum absolute atomic E-state index is 12.5. The zero-order valence-corrected chi connectivity index (χ0v) is 6.74. The average molecular weight is 174 g/mol. The third-order valence-corrected chi connectivity index (χ3v) is 1.61. The summed E-state index contributed by atoms with van der Waals surface area (Å²) in [6.07, 6.45) is 0.667. The summed E-state index contributed by atoms with van der Waals surface area (Å²) >= 11 is 3.98. The second-order valence-corrected chi connectivity index (χ2v) is 2.67. The lowest BCUT2D eigenvalue weighted by Crippen LogP contribution is -1.90. The Bertz CT molecular complexity index is 248. The highest BCUT2D eigenvalue weighted by molar-refractivity contribution is 7.80. The van der Waals surface area contributed by atoms with E-state index in [9.17, 15) is 8.78 Å². The van der Waals surface area contributed by atoms with Gasteiger partial charge in [0, 0.05) is 0 Å². The van der Waals surface area contributed by atoms with E-state index in [-0.39, 0.29) is 0 Å². The van der Waals surface area contributed by atoms with Crippen LogP contribution in [0.4, 0.5) is 8.78 Å². The molecule has 0 aromatic heterocycles. The van der Waals surface area contributed by atoms with Crippen molar-refractivity contribution < 1.29 is 8.78 Å². The van der Waals surface area contributed by atoms with E-state index in [0.29, 0.717) is 12.2 Å². The molecule has 0 saturated carbocycles. The maximum atomic E-state index is 12.5. The monoisotopic (exact) mass is 174 g/mol. The van der Waals surface area contributed by atoms with E-state index in [1.807, 2.05) is 0 Å². The van der Waals surface area contributed by atoms with Crippen LogP contribution in [0, 0.1) is 11.6 Å². The van der Waals surface area contributed by atoms with Gasteiger partial charge in [0.1, 0.15) is 0 Å². The van der Waals surface area contributed by atoms with E-state index in [1.165, 1.54) is 6.07 Å². The molecule has 3 heteroatoms. The van der Waals surface area contributed by atoms with Gasteiger partial charge in [-0.3, -0.25) is 0 Å². The Morgan fingerprint density at radius 2 is 1.91 bits per heavy atom. The Morgan fingerprint density at radius 3 is 2.45 bits per heavy atom. The van der Waals surface area contributed by atoms with Crippen LogP contribution >= 0.6 is 12.6 Å². The van der Waals surface area contributed by atoms with E-state index in [1.54, 1.807) is 6.07 Å². The van der Waals surface area contributed by atoms with Gasteiger partial charge in [-0.2, -0.15) is 12.6 Å². The number of thiol groups is 1. The van der Waals surface area contributed by atoms with Crippen molar-refractivity contribution in [3.8, 4) is 0 Å². The molecule has 0 heterocycles. The normalized spacial score (nSPS) is 10.1. The molecule has 0 aliphatic rings. The summed E-state index contributed by atoms with van der Waals surface area (Å²) in [5.41, 5.74) is 0.777. The van der Waals surface area contributed by atoms with Gasteiger partial charge in [0.05, 0.1) is 0 Å². The molecule has 1 rings (SSSR count). The summed E-state index contributed by atoms with van der Waals surface area (Å²) < 4.78 is 24.8. The molecule has 1 aromatic rings. The minimum atomic E-state index is -0.798. The molecular formula is C8H8F2S. The van der Waals surface area contributed by atoms with Gasteiger partial charge in [0.15, 0.2) is 11.6 Å². The van der Waals surface area contributed by atoms with Crippen LogP contribution in [0.3, 0.4) is 0 Å². The van der Waals surface area contributed by atoms with Crippen LogP contribution in [-0.2, 0) is 6.42 Å². The minimum absolute atomic E-state index is 0.644. The number of benzene rings is 1. The topological polar surface area (TPSA) is 0 Å². The van der Waals surface area contributed by atoms with Crippen LogP contribution in [-0.4, -0.2) is 5.75 Å². The highest BCUT2D eigenvalue weighted by Crippen LogP contribution is 2.09. The van der Waals surface area contributed by atoms with Crippen molar-refractivity contribution in [3.63, 3.8) is 0 Å². The van der Waals surface area contributed by atoms with Gasteiger partial charge in [-0.1, -0.05) is 6.07 Å². The molecule has 0 radical (unpaired) electrons. The van der Waals surface area contributed by atoms with Crippen molar-refractivity contribution in [3.05, 3.63) is 35.4 Å². The van der Waals surface area contributed by atoms with Gasteiger partial charge in [-0.05, 0) is 29.9 Å². The molecule has 0 fully saturated rings. The van der Waals surface area contributed by atoms with Crippen molar-refractivity contribution in [2.24, 2.45) is 0 Å². The lowest BCUT2D eigenvalue weighted by atomic mass is 10.2. The van der Waals surface area contributed by atoms with E-state index in [0.717, 1.165) is 11.6 Å². The van der Waals surface area contributed by atoms with Crippen molar-refractivity contribution in [1.29, 1.82) is 0 Å². The van der Waals surface area contributed by atoms with Gasteiger partial charge >= 0.3 is 0 Å². The van der Waals surface area contributed by atoms with Gasteiger partial charge in [0.25, 0.3) is 0 Å². The largest absolute Gasteiger partial charge is 0.204 e. The molecule has 0 amide bonds.